The molecule has 1 heterocycles. The zero-order chi connectivity index (χ0) is 13.2. The molecule has 0 saturated heterocycles. The highest BCUT2D eigenvalue weighted by molar-refractivity contribution is 6.09. The van der Waals surface area contributed by atoms with Crippen LogP contribution in [-0.4, -0.2) is 23.7 Å². The van der Waals surface area contributed by atoms with Crippen molar-refractivity contribution in [2.45, 2.75) is 44.2 Å². The number of ketones is 1. The lowest BCUT2D eigenvalue weighted by atomic mass is 9.92. The van der Waals surface area contributed by atoms with Crippen LogP contribution in [0.1, 0.15) is 42.5 Å². The summed E-state index contributed by atoms with van der Waals surface area (Å²) < 4.78 is 12.8. The van der Waals surface area contributed by atoms with Gasteiger partial charge in [0.15, 0.2) is 5.78 Å². The summed E-state index contributed by atoms with van der Waals surface area (Å²) in [5.74, 6) is 0.468. The average Bonchev–Trinajstić information content (AvgIpc) is 2.81. The number of nitrogens with zero attached hydrogens (tertiary/aromatic N) is 1. The van der Waals surface area contributed by atoms with Crippen molar-refractivity contribution in [3.63, 3.8) is 0 Å². The van der Waals surface area contributed by atoms with Gasteiger partial charge in [0.1, 0.15) is 11.7 Å². The van der Waals surface area contributed by atoms with Gasteiger partial charge in [-0.05, 0) is 37.1 Å². The van der Waals surface area contributed by atoms with E-state index in [4.69, 9.17) is 0 Å². The number of rotatable bonds is 3. The maximum Gasteiger partial charge on any atom is 0.170 e. The standard InChI is InChI=1S/C15H17FN2O/c16-11-7-5-10(6-8-11)14(19)9-15-17-12-3-1-2-4-13(12)18-15/h5-8,12-13H,1-4,9H2,(H,17,18)/t12-,13+. The van der Waals surface area contributed by atoms with E-state index < -0.39 is 0 Å². The minimum Gasteiger partial charge on any atom is -0.369 e. The van der Waals surface area contributed by atoms with Crippen LogP contribution in [0.25, 0.3) is 0 Å². The van der Waals surface area contributed by atoms with E-state index in [2.05, 4.69) is 10.3 Å². The minimum absolute atomic E-state index is 0.00935. The molecule has 0 unspecified atom stereocenters. The number of amidine groups is 1. The van der Waals surface area contributed by atoms with Crippen LogP contribution in [0.15, 0.2) is 29.3 Å². The Kier molecular flexibility index (Phi) is 3.32. The van der Waals surface area contributed by atoms with Crippen LogP contribution in [-0.2, 0) is 0 Å². The van der Waals surface area contributed by atoms with E-state index in [9.17, 15) is 9.18 Å². The molecule has 0 spiro atoms. The maximum absolute atomic E-state index is 12.8. The fourth-order valence-electron chi connectivity index (χ4n) is 2.87. The molecular formula is C15H17FN2O. The van der Waals surface area contributed by atoms with E-state index in [1.807, 2.05) is 0 Å². The van der Waals surface area contributed by atoms with Gasteiger partial charge >= 0.3 is 0 Å². The molecule has 4 heteroatoms. The van der Waals surface area contributed by atoms with Crippen LogP contribution >= 0.6 is 0 Å². The van der Waals surface area contributed by atoms with Crippen molar-refractivity contribution in [1.29, 1.82) is 0 Å². The molecule has 1 aromatic carbocycles. The molecule has 1 aromatic rings. The molecule has 1 saturated carbocycles. The van der Waals surface area contributed by atoms with Crippen molar-refractivity contribution in [2.24, 2.45) is 4.99 Å². The van der Waals surface area contributed by atoms with Gasteiger partial charge in [-0.2, -0.15) is 0 Å². The summed E-state index contributed by atoms with van der Waals surface area (Å²) in [6.07, 6.45) is 5.02. The van der Waals surface area contributed by atoms with Crippen LogP contribution in [0, 0.1) is 5.82 Å². The zero-order valence-electron chi connectivity index (χ0n) is 10.7. The second-order valence-corrected chi connectivity index (χ2v) is 5.29. The summed E-state index contributed by atoms with van der Waals surface area (Å²) in [6, 6.07) is 6.46. The number of Topliss-reactive ketones (excluding diaryl/α,β-unsaturated/α-hetero) is 1. The topological polar surface area (TPSA) is 41.5 Å². The van der Waals surface area contributed by atoms with Gasteiger partial charge in [0.2, 0.25) is 0 Å². The van der Waals surface area contributed by atoms with Crippen molar-refractivity contribution in [2.75, 3.05) is 0 Å². The molecule has 1 aliphatic carbocycles. The van der Waals surface area contributed by atoms with Crippen molar-refractivity contribution < 1.29 is 9.18 Å². The summed E-state index contributed by atoms with van der Waals surface area (Å²) in [5.41, 5.74) is 0.542. The monoisotopic (exact) mass is 260 g/mol. The Morgan fingerprint density at radius 1 is 1.26 bits per heavy atom. The number of carbonyl (C=O) groups is 1. The molecule has 3 rings (SSSR count). The first-order valence-electron chi connectivity index (χ1n) is 6.84. The highest BCUT2D eigenvalue weighted by atomic mass is 19.1. The second-order valence-electron chi connectivity index (χ2n) is 5.29. The Bertz CT molecular complexity index is 509. The Morgan fingerprint density at radius 2 is 2.00 bits per heavy atom. The summed E-state index contributed by atoms with van der Waals surface area (Å²) in [6.45, 7) is 0. The fraction of sp³-hybridized carbons (Fsp3) is 0.467. The normalized spacial score (nSPS) is 25.4. The van der Waals surface area contributed by atoms with Gasteiger partial charge in [-0.3, -0.25) is 9.79 Å². The predicted octanol–water partition coefficient (Wildman–Crippen LogP) is 2.71. The van der Waals surface area contributed by atoms with Gasteiger partial charge < -0.3 is 5.32 Å². The molecule has 1 fully saturated rings. The third kappa shape index (κ3) is 2.67. The van der Waals surface area contributed by atoms with Crippen LogP contribution in [0.2, 0.25) is 0 Å². The van der Waals surface area contributed by atoms with Crippen LogP contribution in [0.4, 0.5) is 4.39 Å². The SMILES string of the molecule is O=C(CC1=N[C@@H]2CCCC[C@@H]2N1)c1ccc(F)cc1. The molecule has 2 aliphatic rings. The molecule has 0 aromatic heterocycles. The first kappa shape index (κ1) is 12.3. The maximum atomic E-state index is 12.8. The Labute approximate surface area is 111 Å². The molecular weight excluding hydrogens is 243 g/mol. The van der Waals surface area contributed by atoms with E-state index >= 15 is 0 Å². The van der Waals surface area contributed by atoms with Crippen LogP contribution in [0.3, 0.4) is 0 Å². The molecule has 0 bridgehead atoms. The summed E-state index contributed by atoms with van der Waals surface area (Å²) in [7, 11) is 0. The van der Waals surface area contributed by atoms with E-state index in [0.29, 0.717) is 24.1 Å². The Balaban J connectivity index is 1.65. The zero-order valence-corrected chi connectivity index (χ0v) is 10.7. The highest BCUT2D eigenvalue weighted by Gasteiger charge is 2.31. The lowest BCUT2D eigenvalue weighted by Gasteiger charge is -2.23. The number of carbonyl (C=O) groups excluding carboxylic acids is 1. The third-order valence-electron chi connectivity index (χ3n) is 3.90. The minimum atomic E-state index is -0.320. The lowest BCUT2D eigenvalue weighted by molar-refractivity contribution is 0.1000. The quantitative estimate of drug-likeness (QED) is 0.849. The first-order valence-corrected chi connectivity index (χ1v) is 6.84. The highest BCUT2D eigenvalue weighted by Crippen LogP contribution is 2.25. The van der Waals surface area contributed by atoms with E-state index in [0.717, 1.165) is 18.7 Å². The molecule has 1 N–H and O–H groups in total. The molecule has 19 heavy (non-hydrogen) atoms. The van der Waals surface area contributed by atoms with Gasteiger partial charge in [-0.1, -0.05) is 12.8 Å². The van der Waals surface area contributed by atoms with E-state index in [1.54, 1.807) is 0 Å². The number of hydrogen-bond donors (Lipinski definition) is 1. The number of aliphatic imine (C=N–C) groups is 1. The third-order valence-corrected chi connectivity index (χ3v) is 3.90. The van der Waals surface area contributed by atoms with Gasteiger partial charge in [0, 0.05) is 11.6 Å². The molecule has 3 nitrogen and oxygen atoms in total. The molecule has 0 radical (unpaired) electrons. The van der Waals surface area contributed by atoms with Crippen LogP contribution in [0.5, 0.6) is 0 Å². The Morgan fingerprint density at radius 3 is 2.74 bits per heavy atom. The number of nitrogens with one attached hydrogen (secondary N) is 1. The smallest absolute Gasteiger partial charge is 0.170 e. The summed E-state index contributed by atoms with van der Waals surface area (Å²) in [5, 5.41) is 3.36. The van der Waals surface area contributed by atoms with E-state index in [1.165, 1.54) is 37.1 Å². The Hall–Kier alpha value is -1.71. The van der Waals surface area contributed by atoms with Crippen molar-refractivity contribution in [3.8, 4) is 0 Å². The molecule has 2 atom stereocenters. The molecule has 100 valence electrons. The predicted molar refractivity (Wildman–Crippen MR) is 72.0 cm³/mol. The van der Waals surface area contributed by atoms with Gasteiger partial charge in [-0.25, -0.2) is 4.39 Å². The number of hydrogen-bond acceptors (Lipinski definition) is 3. The second kappa shape index (κ2) is 5.11. The number of halogens is 1. The average molecular weight is 260 g/mol. The van der Waals surface area contributed by atoms with Crippen molar-refractivity contribution >= 4 is 11.6 Å². The number of benzene rings is 1. The molecule has 1 aliphatic heterocycles. The van der Waals surface area contributed by atoms with E-state index in [-0.39, 0.29) is 11.6 Å². The van der Waals surface area contributed by atoms with Gasteiger partial charge in [0.25, 0.3) is 0 Å². The van der Waals surface area contributed by atoms with Crippen molar-refractivity contribution in [1.82, 2.24) is 5.32 Å². The number of fused-ring (bicyclic) bond motifs is 1. The van der Waals surface area contributed by atoms with Gasteiger partial charge in [0.05, 0.1) is 12.5 Å². The lowest BCUT2D eigenvalue weighted by Crippen LogP contribution is -2.37. The van der Waals surface area contributed by atoms with Crippen LogP contribution < -0.4 is 5.32 Å². The summed E-state index contributed by atoms with van der Waals surface area (Å²) >= 11 is 0. The first-order chi connectivity index (χ1) is 9.22. The summed E-state index contributed by atoms with van der Waals surface area (Å²) in [4.78, 5) is 16.7. The molecule has 0 amide bonds. The fourth-order valence-corrected chi connectivity index (χ4v) is 2.87. The largest absolute Gasteiger partial charge is 0.369 e. The van der Waals surface area contributed by atoms with Gasteiger partial charge in [-0.15, -0.1) is 0 Å². The van der Waals surface area contributed by atoms with Crippen molar-refractivity contribution in [3.05, 3.63) is 35.6 Å².